The molecule has 0 aliphatic heterocycles. The molecule has 7 nitrogen and oxygen atoms in total. The zero-order chi connectivity index (χ0) is 19.2. The molecule has 0 bridgehead atoms. The Kier molecular flexibility index (Phi) is 5.95. The number of hydrogen-bond acceptors (Lipinski definition) is 7. The van der Waals surface area contributed by atoms with Crippen LogP contribution in [0.4, 0.5) is 0 Å². The minimum Gasteiger partial charge on any atom is -0.507 e. The van der Waals surface area contributed by atoms with Gasteiger partial charge in [0.2, 0.25) is 0 Å². The minimum absolute atomic E-state index is 0.0540. The second-order valence-electron chi connectivity index (χ2n) is 6.06. The summed E-state index contributed by atoms with van der Waals surface area (Å²) in [5.74, 6) is 1.54. The maximum absolute atomic E-state index is 10.4. The van der Waals surface area contributed by atoms with Crippen molar-refractivity contribution in [2.24, 2.45) is 11.5 Å². The summed E-state index contributed by atoms with van der Waals surface area (Å²) < 4.78 is 5.53. The zero-order valence-corrected chi connectivity index (χ0v) is 15.2. The Morgan fingerprint density at radius 1 is 0.963 bits per heavy atom. The van der Waals surface area contributed by atoms with Gasteiger partial charge in [-0.05, 0) is 29.7 Å². The van der Waals surface area contributed by atoms with Gasteiger partial charge in [0.15, 0.2) is 11.6 Å². The molecule has 0 radical (unpaired) electrons. The van der Waals surface area contributed by atoms with E-state index in [-0.39, 0.29) is 5.75 Å². The van der Waals surface area contributed by atoms with Crippen LogP contribution in [0.15, 0.2) is 42.7 Å². The Morgan fingerprint density at radius 2 is 1.70 bits per heavy atom. The maximum atomic E-state index is 10.4. The molecule has 0 saturated carbocycles. The summed E-state index contributed by atoms with van der Waals surface area (Å²) in [6.45, 7) is 3.40. The Morgan fingerprint density at radius 3 is 2.37 bits per heavy atom. The maximum Gasteiger partial charge on any atom is 0.167 e. The molecule has 7 heteroatoms. The quantitative estimate of drug-likeness (QED) is 0.588. The van der Waals surface area contributed by atoms with E-state index in [2.05, 4.69) is 15.0 Å². The van der Waals surface area contributed by atoms with E-state index in [4.69, 9.17) is 16.2 Å². The average molecular weight is 365 g/mol. The highest BCUT2D eigenvalue weighted by Crippen LogP contribution is 2.31. The fourth-order valence-electron chi connectivity index (χ4n) is 2.73. The number of benzene rings is 2. The molecule has 1 heterocycles. The molecule has 0 unspecified atom stereocenters. The van der Waals surface area contributed by atoms with Gasteiger partial charge in [-0.15, -0.1) is 0 Å². The van der Waals surface area contributed by atoms with Gasteiger partial charge in [0.25, 0.3) is 0 Å². The lowest BCUT2D eigenvalue weighted by Gasteiger charge is -2.11. The van der Waals surface area contributed by atoms with Gasteiger partial charge in [-0.2, -0.15) is 0 Å². The zero-order valence-electron chi connectivity index (χ0n) is 15.2. The van der Waals surface area contributed by atoms with Crippen LogP contribution >= 0.6 is 0 Å². The van der Waals surface area contributed by atoms with Gasteiger partial charge in [-0.1, -0.05) is 25.1 Å². The van der Waals surface area contributed by atoms with Gasteiger partial charge in [0.05, 0.1) is 12.2 Å². The third-order valence-corrected chi connectivity index (χ3v) is 4.12. The smallest absolute Gasteiger partial charge is 0.167 e. The molecular formula is C20H23N5O2. The monoisotopic (exact) mass is 365 g/mol. The number of phenols is 1. The predicted octanol–water partition coefficient (Wildman–Crippen LogP) is 2.62. The van der Waals surface area contributed by atoms with E-state index in [1.807, 2.05) is 25.1 Å². The summed E-state index contributed by atoms with van der Waals surface area (Å²) in [5, 5.41) is 10.4. The van der Waals surface area contributed by atoms with Crippen LogP contribution in [-0.2, 0) is 13.1 Å². The lowest BCUT2D eigenvalue weighted by Crippen LogP contribution is -2.05. The number of nitrogens with zero attached hydrogens (tertiary/aromatic N) is 3. The number of rotatable bonds is 7. The summed E-state index contributed by atoms with van der Waals surface area (Å²) in [5.41, 5.74) is 14.8. The van der Waals surface area contributed by atoms with Crippen LogP contribution in [0.5, 0.6) is 11.5 Å². The largest absolute Gasteiger partial charge is 0.507 e. The first-order valence-corrected chi connectivity index (χ1v) is 8.83. The van der Waals surface area contributed by atoms with E-state index < -0.39 is 0 Å². The van der Waals surface area contributed by atoms with Crippen molar-refractivity contribution >= 4 is 0 Å². The molecule has 0 saturated heterocycles. The highest BCUT2D eigenvalue weighted by molar-refractivity contribution is 5.68. The third kappa shape index (κ3) is 4.21. The van der Waals surface area contributed by atoms with Crippen LogP contribution in [0.3, 0.4) is 0 Å². The van der Waals surface area contributed by atoms with Gasteiger partial charge in [-0.3, -0.25) is 0 Å². The van der Waals surface area contributed by atoms with E-state index in [9.17, 15) is 5.11 Å². The molecule has 5 N–H and O–H groups in total. The van der Waals surface area contributed by atoms with Gasteiger partial charge >= 0.3 is 0 Å². The molecule has 0 spiro atoms. The molecule has 0 fully saturated rings. The molecule has 1 aromatic heterocycles. The van der Waals surface area contributed by atoms with Crippen LogP contribution in [0.1, 0.15) is 24.5 Å². The number of aromatic nitrogens is 3. The number of hydrogen-bond donors (Lipinski definition) is 3. The first kappa shape index (κ1) is 18.8. The summed E-state index contributed by atoms with van der Waals surface area (Å²) in [6, 6.07) is 10.9. The van der Waals surface area contributed by atoms with Crippen LogP contribution in [-0.4, -0.2) is 26.7 Å². The first-order valence-electron chi connectivity index (χ1n) is 8.83. The second-order valence-corrected chi connectivity index (χ2v) is 6.06. The van der Waals surface area contributed by atoms with Crippen molar-refractivity contribution in [1.29, 1.82) is 0 Å². The topological polar surface area (TPSA) is 120 Å². The molecular weight excluding hydrogens is 342 g/mol. The molecule has 0 atom stereocenters. The van der Waals surface area contributed by atoms with E-state index >= 15 is 0 Å². The number of aromatic hydroxyl groups is 1. The number of nitrogens with two attached hydrogens (primary N) is 2. The molecule has 27 heavy (non-hydrogen) atoms. The fraction of sp³-hybridized carbons (Fsp3) is 0.250. The van der Waals surface area contributed by atoms with Crippen molar-refractivity contribution in [1.82, 2.24) is 15.0 Å². The van der Waals surface area contributed by atoms with Crippen molar-refractivity contribution < 1.29 is 9.84 Å². The third-order valence-electron chi connectivity index (χ3n) is 4.12. The molecule has 2 aromatic carbocycles. The van der Waals surface area contributed by atoms with Crippen molar-refractivity contribution in [3.05, 3.63) is 53.9 Å². The summed E-state index contributed by atoms with van der Waals surface area (Å²) in [4.78, 5) is 13.0. The molecule has 0 aliphatic carbocycles. The fourth-order valence-corrected chi connectivity index (χ4v) is 2.73. The van der Waals surface area contributed by atoms with Crippen molar-refractivity contribution in [3.8, 4) is 34.3 Å². The van der Waals surface area contributed by atoms with Crippen molar-refractivity contribution in [2.75, 3.05) is 6.61 Å². The van der Waals surface area contributed by atoms with Crippen molar-refractivity contribution in [2.45, 2.75) is 26.4 Å². The van der Waals surface area contributed by atoms with Crippen LogP contribution < -0.4 is 16.2 Å². The first-order chi connectivity index (χ1) is 13.2. The minimum atomic E-state index is 0.0540. The Balaban J connectivity index is 1.97. The van der Waals surface area contributed by atoms with Crippen LogP contribution in [0, 0.1) is 0 Å². The van der Waals surface area contributed by atoms with Gasteiger partial charge in [-0.25, -0.2) is 15.0 Å². The molecule has 0 aliphatic rings. The van der Waals surface area contributed by atoms with Crippen molar-refractivity contribution in [3.63, 3.8) is 0 Å². The number of phenolic OH excluding ortho intramolecular Hbond substituents is 1. The van der Waals surface area contributed by atoms with Gasteiger partial charge < -0.3 is 21.3 Å². The molecule has 3 aromatic rings. The van der Waals surface area contributed by atoms with Crippen LogP contribution in [0.25, 0.3) is 22.8 Å². The van der Waals surface area contributed by atoms with E-state index in [1.54, 1.807) is 18.2 Å². The van der Waals surface area contributed by atoms with Gasteiger partial charge in [0, 0.05) is 24.7 Å². The Labute approximate surface area is 158 Å². The molecule has 0 amide bonds. The normalized spacial score (nSPS) is 10.8. The molecule has 140 valence electrons. The summed E-state index contributed by atoms with van der Waals surface area (Å²) >= 11 is 0. The Bertz CT molecular complexity index is 930. The molecule has 3 rings (SSSR count). The lowest BCUT2D eigenvalue weighted by atomic mass is 10.0. The van der Waals surface area contributed by atoms with Gasteiger partial charge in [0.1, 0.15) is 17.8 Å². The summed E-state index contributed by atoms with van der Waals surface area (Å²) in [6.07, 6.45) is 2.32. The van der Waals surface area contributed by atoms with E-state index in [0.29, 0.717) is 42.7 Å². The SMILES string of the molecule is CCCOc1ccc(-c2ncnc(-c3ccc(CN)cc3CN)n2)c(O)c1. The lowest BCUT2D eigenvalue weighted by molar-refractivity contribution is 0.315. The Hall–Kier alpha value is -3.03. The predicted molar refractivity (Wildman–Crippen MR) is 104 cm³/mol. The number of ether oxygens (including phenoxy) is 1. The standard InChI is InChI=1S/C20H23N5O2/c1-2-7-27-15-4-6-17(18(26)9-15)20-24-12-23-19(25-20)16-5-3-13(10-21)8-14(16)11-22/h3-6,8-9,12,26H,2,7,10-11,21-22H2,1H3. The van der Waals surface area contributed by atoms with Crippen LogP contribution in [0.2, 0.25) is 0 Å². The summed E-state index contributed by atoms with van der Waals surface area (Å²) in [7, 11) is 0. The van der Waals surface area contributed by atoms with E-state index in [1.165, 1.54) is 6.33 Å². The highest BCUT2D eigenvalue weighted by atomic mass is 16.5. The highest BCUT2D eigenvalue weighted by Gasteiger charge is 2.13. The van der Waals surface area contributed by atoms with E-state index in [0.717, 1.165) is 23.1 Å². The average Bonchev–Trinajstić information content (AvgIpc) is 2.71. The second kappa shape index (κ2) is 8.57.